The van der Waals surface area contributed by atoms with Crippen LogP contribution in [0.15, 0.2) is 72.9 Å². The minimum absolute atomic E-state index is 0.0759. The predicted molar refractivity (Wildman–Crippen MR) is 115 cm³/mol. The molecule has 160 valence electrons. The van der Waals surface area contributed by atoms with Crippen LogP contribution in [0.5, 0.6) is 11.5 Å². The molecule has 8 heteroatoms. The van der Waals surface area contributed by atoms with Crippen molar-refractivity contribution in [2.45, 2.75) is 20.1 Å². The molecule has 0 radical (unpaired) electrons. The average molecular weight is 420 g/mol. The molecular weight excluding hydrogens is 396 g/mol. The van der Waals surface area contributed by atoms with Crippen molar-refractivity contribution in [1.29, 1.82) is 0 Å². The van der Waals surface area contributed by atoms with Crippen molar-refractivity contribution >= 4 is 11.9 Å². The Balaban J connectivity index is 1.73. The number of rotatable bonds is 8. The molecule has 8 nitrogen and oxygen atoms in total. The zero-order valence-electron chi connectivity index (χ0n) is 17.1. The molecule has 2 aromatic carbocycles. The molecule has 0 spiro atoms. The van der Waals surface area contributed by atoms with Gasteiger partial charge in [-0.2, -0.15) is 0 Å². The molecule has 3 N–H and O–H groups in total. The van der Waals surface area contributed by atoms with E-state index < -0.39 is 11.9 Å². The summed E-state index contributed by atoms with van der Waals surface area (Å²) in [7, 11) is 0. The Morgan fingerprint density at radius 2 is 1.42 bits per heavy atom. The van der Waals surface area contributed by atoms with E-state index in [1.54, 1.807) is 6.92 Å². The summed E-state index contributed by atoms with van der Waals surface area (Å²) in [6, 6.07) is 20.3. The molecule has 0 atom stereocenters. The van der Waals surface area contributed by atoms with E-state index in [-0.39, 0.29) is 5.69 Å². The van der Waals surface area contributed by atoms with E-state index in [0.29, 0.717) is 31.3 Å². The lowest BCUT2D eigenvalue weighted by Gasteiger charge is -2.14. The molecule has 0 saturated heterocycles. The first kappa shape index (κ1) is 21.6. The molecule has 0 aliphatic rings. The predicted octanol–water partition coefficient (Wildman–Crippen LogP) is 3.20. The third-order valence-corrected chi connectivity index (χ3v) is 4.17. The highest BCUT2D eigenvalue weighted by atomic mass is 16.5. The maximum atomic E-state index is 12.4. The standard InChI is InChI=1S/C23H24N4O4/c1-2-24-23(29)27-26-22(28)19-13-20(30-15-17-9-5-3-6-10-17)21(14-25-19)31-16-18-11-7-4-8-12-18/h3-14H,2,15-16H2,1H3,(H,26,28)(H2,24,27,29). The van der Waals surface area contributed by atoms with Crippen LogP contribution in [-0.4, -0.2) is 23.5 Å². The van der Waals surface area contributed by atoms with E-state index in [1.165, 1.54) is 12.3 Å². The van der Waals surface area contributed by atoms with Crippen LogP contribution in [0.4, 0.5) is 4.79 Å². The highest BCUT2D eigenvalue weighted by molar-refractivity contribution is 5.94. The number of nitrogens with zero attached hydrogens (tertiary/aromatic N) is 1. The molecule has 1 heterocycles. The maximum Gasteiger partial charge on any atom is 0.333 e. The molecule has 0 aliphatic heterocycles. The Morgan fingerprint density at radius 3 is 2.00 bits per heavy atom. The number of urea groups is 1. The Labute approximate surface area is 180 Å². The van der Waals surface area contributed by atoms with Gasteiger partial charge >= 0.3 is 6.03 Å². The fourth-order valence-electron chi connectivity index (χ4n) is 2.62. The normalized spacial score (nSPS) is 10.1. The Bertz CT molecular complexity index is 997. The van der Waals surface area contributed by atoms with Crippen LogP contribution in [0.1, 0.15) is 28.5 Å². The van der Waals surface area contributed by atoms with Gasteiger partial charge in [-0.1, -0.05) is 60.7 Å². The van der Waals surface area contributed by atoms with E-state index in [2.05, 4.69) is 21.2 Å². The average Bonchev–Trinajstić information content (AvgIpc) is 2.81. The highest BCUT2D eigenvalue weighted by Gasteiger charge is 2.15. The lowest BCUT2D eigenvalue weighted by Crippen LogP contribution is -2.47. The van der Waals surface area contributed by atoms with Crippen molar-refractivity contribution in [2.75, 3.05) is 6.54 Å². The quantitative estimate of drug-likeness (QED) is 0.486. The molecule has 3 amide bonds. The number of hydrogen-bond acceptors (Lipinski definition) is 5. The molecule has 1 aromatic heterocycles. The van der Waals surface area contributed by atoms with Crippen molar-refractivity contribution in [1.82, 2.24) is 21.2 Å². The van der Waals surface area contributed by atoms with Gasteiger partial charge in [0.25, 0.3) is 5.91 Å². The molecule has 0 aliphatic carbocycles. The van der Waals surface area contributed by atoms with Gasteiger partial charge in [0.05, 0.1) is 6.20 Å². The minimum Gasteiger partial charge on any atom is -0.485 e. The molecule has 0 fully saturated rings. The summed E-state index contributed by atoms with van der Waals surface area (Å²) < 4.78 is 11.8. The lowest BCUT2D eigenvalue weighted by molar-refractivity contribution is 0.0930. The summed E-state index contributed by atoms with van der Waals surface area (Å²) in [5.41, 5.74) is 6.60. The van der Waals surface area contributed by atoms with Gasteiger partial charge in [0, 0.05) is 12.6 Å². The van der Waals surface area contributed by atoms with Gasteiger partial charge in [-0.15, -0.1) is 0 Å². The summed E-state index contributed by atoms with van der Waals surface area (Å²) in [6.45, 7) is 2.83. The van der Waals surface area contributed by atoms with E-state index in [4.69, 9.17) is 9.47 Å². The van der Waals surface area contributed by atoms with E-state index in [0.717, 1.165) is 11.1 Å². The highest BCUT2D eigenvalue weighted by Crippen LogP contribution is 2.28. The smallest absolute Gasteiger partial charge is 0.333 e. The molecule has 0 bridgehead atoms. The number of hydrogen-bond donors (Lipinski definition) is 3. The van der Waals surface area contributed by atoms with Gasteiger partial charge in [0.1, 0.15) is 18.9 Å². The number of carbonyl (C=O) groups excluding carboxylic acids is 2. The monoisotopic (exact) mass is 420 g/mol. The summed E-state index contributed by atoms with van der Waals surface area (Å²) in [5, 5.41) is 2.51. The molecule has 0 unspecified atom stereocenters. The molecule has 0 saturated carbocycles. The second-order valence-electron chi connectivity index (χ2n) is 6.50. The van der Waals surface area contributed by atoms with E-state index in [9.17, 15) is 9.59 Å². The first-order chi connectivity index (χ1) is 15.2. The third-order valence-electron chi connectivity index (χ3n) is 4.17. The lowest BCUT2D eigenvalue weighted by atomic mass is 10.2. The number of hydrazine groups is 1. The van der Waals surface area contributed by atoms with Crippen LogP contribution < -0.4 is 25.6 Å². The number of ether oxygens (including phenoxy) is 2. The number of nitrogens with one attached hydrogen (secondary N) is 3. The van der Waals surface area contributed by atoms with Crippen LogP contribution in [0.2, 0.25) is 0 Å². The fraction of sp³-hybridized carbons (Fsp3) is 0.174. The van der Waals surface area contributed by atoms with Gasteiger partial charge < -0.3 is 14.8 Å². The SMILES string of the molecule is CCNC(=O)NNC(=O)c1cc(OCc2ccccc2)c(OCc2ccccc2)cn1. The summed E-state index contributed by atoms with van der Waals surface area (Å²) in [5.74, 6) is 0.205. The molecule has 3 rings (SSSR count). The zero-order valence-corrected chi connectivity index (χ0v) is 17.1. The van der Waals surface area contributed by atoms with Crippen LogP contribution in [0.25, 0.3) is 0 Å². The van der Waals surface area contributed by atoms with Crippen LogP contribution in [0.3, 0.4) is 0 Å². The first-order valence-electron chi connectivity index (χ1n) is 9.83. The largest absolute Gasteiger partial charge is 0.485 e. The van der Waals surface area contributed by atoms with Gasteiger partial charge in [0.15, 0.2) is 11.5 Å². The van der Waals surface area contributed by atoms with Crippen molar-refractivity contribution < 1.29 is 19.1 Å². The van der Waals surface area contributed by atoms with Crippen LogP contribution in [-0.2, 0) is 13.2 Å². The van der Waals surface area contributed by atoms with Gasteiger partial charge in [-0.25, -0.2) is 15.2 Å². The second kappa shape index (κ2) is 11.2. The summed E-state index contributed by atoms with van der Waals surface area (Å²) in [4.78, 5) is 28.0. The molecule has 31 heavy (non-hydrogen) atoms. The van der Waals surface area contributed by atoms with E-state index in [1.807, 2.05) is 60.7 Å². The topological polar surface area (TPSA) is 102 Å². The number of amides is 3. The van der Waals surface area contributed by atoms with Gasteiger partial charge in [-0.3, -0.25) is 10.2 Å². The zero-order chi connectivity index (χ0) is 21.9. The van der Waals surface area contributed by atoms with Gasteiger partial charge in [-0.05, 0) is 18.1 Å². The fourth-order valence-corrected chi connectivity index (χ4v) is 2.62. The van der Waals surface area contributed by atoms with Crippen molar-refractivity contribution in [3.05, 3.63) is 89.7 Å². The number of aromatic nitrogens is 1. The third kappa shape index (κ3) is 6.74. The summed E-state index contributed by atoms with van der Waals surface area (Å²) >= 11 is 0. The number of pyridine rings is 1. The molecular formula is C23H24N4O4. The Kier molecular flexibility index (Phi) is 7.82. The minimum atomic E-state index is -0.578. The number of carbonyl (C=O) groups is 2. The van der Waals surface area contributed by atoms with Gasteiger partial charge in [0.2, 0.25) is 0 Å². The van der Waals surface area contributed by atoms with Crippen molar-refractivity contribution in [3.63, 3.8) is 0 Å². The van der Waals surface area contributed by atoms with Crippen molar-refractivity contribution in [2.24, 2.45) is 0 Å². The maximum absolute atomic E-state index is 12.4. The molecule has 3 aromatic rings. The van der Waals surface area contributed by atoms with Crippen molar-refractivity contribution in [3.8, 4) is 11.5 Å². The second-order valence-corrected chi connectivity index (χ2v) is 6.50. The first-order valence-corrected chi connectivity index (χ1v) is 9.83. The number of benzene rings is 2. The Morgan fingerprint density at radius 1 is 0.839 bits per heavy atom. The van der Waals surface area contributed by atoms with Crippen LogP contribution >= 0.6 is 0 Å². The van der Waals surface area contributed by atoms with Crippen LogP contribution in [0, 0.1) is 0 Å². The Hall–Kier alpha value is -4.07. The van der Waals surface area contributed by atoms with E-state index >= 15 is 0 Å². The summed E-state index contributed by atoms with van der Waals surface area (Å²) in [6.07, 6.45) is 1.43.